The predicted molar refractivity (Wildman–Crippen MR) is 131 cm³/mol. The third-order valence-corrected chi connectivity index (χ3v) is 7.39. The Bertz CT molecular complexity index is 1100. The van der Waals surface area contributed by atoms with E-state index in [1.807, 2.05) is 18.2 Å². The van der Waals surface area contributed by atoms with Gasteiger partial charge >= 0.3 is 6.09 Å². The normalized spacial score (nSPS) is 22.6. The van der Waals surface area contributed by atoms with Crippen molar-refractivity contribution in [2.45, 2.75) is 24.5 Å². The Morgan fingerprint density at radius 1 is 1.08 bits per heavy atom. The highest BCUT2D eigenvalue weighted by Gasteiger charge is 2.36. The second-order valence-electron chi connectivity index (χ2n) is 9.49. The van der Waals surface area contributed by atoms with Crippen LogP contribution < -0.4 is 15.0 Å². The Morgan fingerprint density at radius 3 is 2.44 bits per heavy atom. The van der Waals surface area contributed by atoms with Crippen LogP contribution in [0.1, 0.15) is 28.4 Å². The number of nitrogens with zero attached hydrogens (tertiary/aromatic N) is 3. The molecule has 5 rings (SSSR count). The summed E-state index contributed by atoms with van der Waals surface area (Å²) < 4.78 is 24.7. The maximum absolute atomic E-state index is 13.4. The van der Waals surface area contributed by atoms with Crippen LogP contribution in [0.5, 0.6) is 5.75 Å². The van der Waals surface area contributed by atoms with Gasteiger partial charge in [0.05, 0.1) is 37.9 Å². The molecule has 2 fully saturated rings. The molecule has 36 heavy (non-hydrogen) atoms. The number of ether oxygens (including phenoxy) is 2. The van der Waals surface area contributed by atoms with Crippen LogP contribution in [0.2, 0.25) is 0 Å². The molecule has 0 unspecified atom stereocenters. The lowest BCUT2D eigenvalue weighted by Crippen LogP contribution is -2.56. The molecule has 0 radical (unpaired) electrons. The second-order valence-corrected chi connectivity index (χ2v) is 9.49. The Kier molecular flexibility index (Phi) is 6.97. The van der Waals surface area contributed by atoms with Crippen LogP contribution in [-0.4, -0.2) is 92.0 Å². The summed E-state index contributed by atoms with van der Waals surface area (Å²) in [4.78, 5) is 31.0. The van der Waals surface area contributed by atoms with Gasteiger partial charge in [0.1, 0.15) is 11.6 Å². The number of rotatable bonds is 5. The van der Waals surface area contributed by atoms with Gasteiger partial charge in [0.15, 0.2) is 0 Å². The van der Waals surface area contributed by atoms with Crippen molar-refractivity contribution in [1.29, 1.82) is 0 Å². The molecule has 2 aromatic carbocycles. The number of likely N-dealkylation sites (N-methyl/N-ethyl adjacent to an activating group) is 1. The van der Waals surface area contributed by atoms with Crippen LogP contribution >= 0.6 is 0 Å². The zero-order valence-corrected chi connectivity index (χ0v) is 20.2. The zero-order valence-electron chi connectivity index (χ0n) is 20.2. The van der Waals surface area contributed by atoms with E-state index in [-0.39, 0.29) is 0 Å². The Morgan fingerprint density at radius 2 is 1.81 bits per heavy atom. The van der Waals surface area contributed by atoms with Gasteiger partial charge in [-0.05, 0) is 42.5 Å². The molecule has 9 nitrogen and oxygen atoms in total. The quantitative estimate of drug-likeness (QED) is 0.655. The number of piperazine rings is 1. The van der Waals surface area contributed by atoms with Gasteiger partial charge in [0, 0.05) is 56.5 Å². The van der Waals surface area contributed by atoms with E-state index >= 15 is 0 Å². The van der Waals surface area contributed by atoms with E-state index in [1.54, 1.807) is 0 Å². The Labute approximate surface area is 209 Å². The lowest BCUT2D eigenvalue weighted by atomic mass is 9.95. The van der Waals surface area contributed by atoms with Crippen LogP contribution in [0.3, 0.4) is 0 Å². The van der Waals surface area contributed by atoms with E-state index in [9.17, 15) is 19.1 Å². The number of carbonyl (C=O) groups excluding carboxylic acids is 1. The molecule has 3 aliphatic rings. The van der Waals surface area contributed by atoms with Gasteiger partial charge in [-0.25, -0.2) is 9.18 Å². The summed E-state index contributed by atoms with van der Waals surface area (Å²) in [6, 6.07) is 10.5. The number of amides is 2. The highest BCUT2D eigenvalue weighted by atomic mass is 19.1. The van der Waals surface area contributed by atoms with E-state index in [0.29, 0.717) is 30.4 Å². The first-order valence-corrected chi connectivity index (χ1v) is 12.3. The first kappa shape index (κ1) is 24.3. The number of benzene rings is 2. The van der Waals surface area contributed by atoms with E-state index < -0.39 is 29.9 Å². The highest BCUT2D eigenvalue weighted by molar-refractivity contribution is 5.94. The SMILES string of the molecule is CN(C(=O)O)[C@H]1CCOc2ccc(N3CCN(C4COC4)CC3)cc2[C@@H]1NC(=O)c1ccc(F)cc1. The van der Waals surface area contributed by atoms with Gasteiger partial charge in [-0.15, -0.1) is 0 Å². The van der Waals surface area contributed by atoms with Gasteiger partial charge < -0.3 is 29.7 Å². The van der Waals surface area contributed by atoms with Gasteiger partial charge in [-0.2, -0.15) is 0 Å². The molecule has 3 aliphatic heterocycles. The smallest absolute Gasteiger partial charge is 0.407 e. The van der Waals surface area contributed by atoms with Crippen LogP contribution in [0, 0.1) is 5.82 Å². The fourth-order valence-electron chi connectivity index (χ4n) is 5.11. The molecule has 2 aromatic rings. The maximum Gasteiger partial charge on any atom is 0.407 e. The standard InChI is InChI=1S/C26H31FN4O5/c1-29(26(33)34)22-8-13-36-23-7-6-19(30-9-11-31(12-10-30)20-15-35-16-20)14-21(23)24(22)28-25(32)17-2-4-18(27)5-3-17/h2-7,14,20,22,24H,8-13,15-16H2,1H3,(H,28,32)(H,33,34)/t22-,24-/m0/s1. The van der Waals surface area contributed by atoms with E-state index in [4.69, 9.17) is 9.47 Å². The number of hydrogen-bond acceptors (Lipinski definition) is 6. The minimum Gasteiger partial charge on any atom is -0.493 e. The molecule has 10 heteroatoms. The molecule has 3 heterocycles. The summed E-state index contributed by atoms with van der Waals surface area (Å²) in [5, 5.41) is 12.8. The highest BCUT2D eigenvalue weighted by Crippen LogP contribution is 2.37. The number of fused-ring (bicyclic) bond motifs is 1. The molecule has 2 amide bonds. The van der Waals surface area contributed by atoms with E-state index in [2.05, 4.69) is 15.1 Å². The molecule has 2 atom stereocenters. The second kappa shape index (κ2) is 10.3. The zero-order chi connectivity index (χ0) is 25.2. The minimum absolute atomic E-state index is 0.298. The van der Waals surface area contributed by atoms with Crippen molar-refractivity contribution in [2.75, 3.05) is 57.9 Å². The molecular weight excluding hydrogens is 467 g/mol. The van der Waals surface area contributed by atoms with Crippen LogP contribution in [-0.2, 0) is 4.74 Å². The van der Waals surface area contributed by atoms with E-state index in [0.717, 1.165) is 50.6 Å². The van der Waals surface area contributed by atoms with Crippen LogP contribution in [0.4, 0.5) is 14.9 Å². The summed E-state index contributed by atoms with van der Waals surface area (Å²) in [5.41, 5.74) is 2.03. The van der Waals surface area contributed by atoms with Crippen LogP contribution in [0.25, 0.3) is 0 Å². The average Bonchev–Trinajstić information content (AvgIpc) is 3.02. The molecule has 2 saturated heterocycles. The molecular formula is C26H31FN4O5. The average molecular weight is 499 g/mol. The third-order valence-electron chi connectivity index (χ3n) is 7.39. The lowest BCUT2D eigenvalue weighted by molar-refractivity contribution is -0.0660. The fraction of sp³-hybridized carbons (Fsp3) is 0.462. The molecule has 0 aliphatic carbocycles. The summed E-state index contributed by atoms with van der Waals surface area (Å²) in [6.07, 6.45) is -0.680. The monoisotopic (exact) mass is 498 g/mol. The van der Waals surface area contributed by atoms with Crippen molar-refractivity contribution < 1.29 is 28.6 Å². The summed E-state index contributed by atoms with van der Waals surface area (Å²) in [7, 11) is 1.50. The van der Waals surface area contributed by atoms with Crippen molar-refractivity contribution in [3.8, 4) is 5.75 Å². The molecule has 0 spiro atoms. The first-order valence-electron chi connectivity index (χ1n) is 12.3. The number of hydrogen-bond donors (Lipinski definition) is 2. The number of halogens is 1. The summed E-state index contributed by atoms with van der Waals surface area (Å²) in [5.74, 6) is -0.217. The minimum atomic E-state index is -1.09. The number of carboxylic acid groups (broad SMARTS) is 1. The van der Waals surface area contributed by atoms with Gasteiger partial charge in [-0.1, -0.05) is 0 Å². The lowest BCUT2D eigenvalue weighted by Gasteiger charge is -2.43. The molecule has 0 aromatic heterocycles. The fourth-order valence-corrected chi connectivity index (χ4v) is 5.11. The first-order chi connectivity index (χ1) is 17.4. The van der Waals surface area contributed by atoms with E-state index in [1.165, 1.54) is 36.2 Å². The van der Waals surface area contributed by atoms with Crippen molar-refractivity contribution in [2.24, 2.45) is 0 Å². The number of anilines is 1. The largest absolute Gasteiger partial charge is 0.493 e. The Balaban J connectivity index is 1.43. The Hall–Kier alpha value is -3.37. The summed E-state index contributed by atoms with van der Waals surface area (Å²) >= 11 is 0. The van der Waals surface area contributed by atoms with Crippen molar-refractivity contribution in [3.63, 3.8) is 0 Å². The number of carbonyl (C=O) groups is 2. The van der Waals surface area contributed by atoms with Gasteiger partial charge in [0.2, 0.25) is 0 Å². The molecule has 0 saturated carbocycles. The van der Waals surface area contributed by atoms with Crippen molar-refractivity contribution in [1.82, 2.24) is 15.1 Å². The summed E-state index contributed by atoms with van der Waals surface area (Å²) in [6.45, 7) is 5.52. The van der Waals surface area contributed by atoms with Gasteiger partial charge in [-0.3, -0.25) is 9.69 Å². The number of nitrogens with one attached hydrogen (secondary N) is 1. The third kappa shape index (κ3) is 4.96. The van der Waals surface area contributed by atoms with Crippen molar-refractivity contribution in [3.05, 3.63) is 59.4 Å². The van der Waals surface area contributed by atoms with Crippen LogP contribution in [0.15, 0.2) is 42.5 Å². The topological polar surface area (TPSA) is 94.6 Å². The molecule has 0 bridgehead atoms. The molecule has 2 N–H and O–H groups in total. The van der Waals surface area contributed by atoms with Gasteiger partial charge in [0.25, 0.3) is 5.91 Å². The van der Waals surface area contributed by atoms with Crippen molar-refractivity contribution >= 4 is 17.7 Å². The maximum atomic E-state index is 13.4. The predicted octanol–water partition coefficient (Wildman–Crippen LogP) is 2.58. The molecule has 192 valence electrons.